The molecule has 1 aliphatic heterocycles. The standard InChI is InChI=1S/C17H12Cl2N4O/c18-13-5-1-4-11(15(13)19)12-7-14(24)22-17-16(12)21-9-23(17)10-3-2-6-20-8-10/h1-6,8-9,12H,7H2,(H,22,24)/t12-/m1/s1. The smallest absolute Gasteiger partial charge is 0.226 e. The van der Waals surface area contributed by atoms with Crippen molar-refractivity contribution in [2.24, 2.45) is 0 Å². The molecule has 0 aliphatic carbocycles. The Morgan fingerprint density at radius 2 is 2.08 bits per heavy atom. The predicted octanol–water partition coefficient (Wildman–Crippen LogP) is 4.05. The van der Waals surface area contributed by atoms with E-state index in [1.54, 1.807) is 24.8 Å². The lowest BCUT2D eigenvalue weighted by Crippen LogP contribution is -2.25. The maximum atomic E-state index is 12.2. The molecule has 5 nitrogen and oxygen atoms in total. The summed E-state index contributed by atoms with van der Waals surface area (Å²) < 4.78 is 1.81. The van der Waals surface area contributed by atoms with Crippen molar-refractivity contribution >= 4 is 34.9 Å². The Bertz CT molecular complexity index is 924. The van der Waals surface area contributed by atoms with E-state index in [1.807, 2.05) is 28.8 Å². The lowest BCUT2D eigenvalue weighted by Gasteiger charge is -2.24. The van der Waals surface area contributed by atoms with Gasteiger partial charge in [-0.3, -0.25) is 14.3 Å². The molecule has 120 valence electrons. The molecule has 0 fully saturated rings. The highest BCUT2D eigenvalue weighted by Crippen LogP contribution is 2.41. The van der Waals surface area contributed by atoms with Gasteiger partial charge in [0, 0.05) is 18.5 Å². The molecular formula is C17H12Cl2N4O. The zero-order valence-corrected chi connectivity index (χ0v) is 13.9. The monoisotopic (exact) mass is 358 g/mol. The number of halogens is 2. The lowest BCUT2D eigenvalue weighted by molar-refractivity contribution is -0.116. The van der Waals surface area contributed by atoms with E-state index in [1.165, 1.54) is 0 Å². The molecule has 0 spiro atoms. The van der Waals surface area contributed by atoms with Crippen molar-refractivity contribution in [2.45, 2.75) is 12.3 Å². The van der Waals surface area contributed by atoms with E-state index in [2.05, 4.69) is 15.3 Å². The van der Waals surface area contributed by atoms with Gasteiger partial charge in [0.25, 0.3) is 0 Å². The highest BCUT2D eigenvalue weighted by molar-refractivity contribution is 6.42. The maximum Gasteiger partial charge on any atom is 0.226 e. The minimum atomic E-state index is -0.238. The van der Waals surface area contributed by atoms with E-state index >= 15 is 0 Å². The summed E-state index contributed by atoms with van der Waals surface area (Å²) in [4.78, 5) is 20.9. The van der Waals surface area contributed by atoms with Crippen LogP contribution in [0, 0.1) is 0 Å². The number of nitrogens with one attached hydrogen (secondary N) is 1. The second kappa shape index (κ2) is 5.92. The van der Waals surface area contributed by atoms with Crippen LogP contribution in [0.25, 0.3) is 5.69 Å². The third-order valence-electron chi connectivity index (χ3n) is 4.05. The van der Waals surface area contributed by atoms with Gasteiger partial charge in [0.05, 0.1) is 27.6 Å². The molecule has 0 radical (unpaired) electrons. The third kappa shape index (κ3) is 2.46. The number of fused-ring (bicyclic) bond motifs is 1. The van der Waals surface area contributed by atoms with Crippen molar-refractivity contribution in [1.82, 2.24) is 14.5 Å². The summed E-state index contributed by atoms with van der Waals surface area (Å²) in [7, 11) is 0. The topological polar surface area (TPSA) is 59.8 Å². The first-order valence-corrected chi connectivity index (χ1v) is 8.12. The molecule has 1 amide bonds. The van der Waals surface area contributed by atoms with Crippen LogP contribution in [0.2, 0.25) is 10.0 Å². The number of hydrogen-bond donors (Lipinski definition) is 1. The number of nitrogens with zero attached hydrogens (tertiary/aromatic N) is 3. The fourth-order valence-electron chi connectivity index (χ4n) is 2.95. The summed E-state index contributed by atoms with van der Waals surface area (Å²) in [6.45, 7) is 0. The Labute approximate surface area is 148 Å². The van der Waals surface area contributed by atoms with Gasteiger partial charge in [-0.2, -0.15) is 0 Å². The number of carbonyl (C=O) groups excluding carboxylic acids is 1. The van der Waals surface area contributed by atoms with E-state index in [9.17, 15) is 4.79 Å². The van der Waals surface area contributed by atoms with E-state index in [-0.39, 0.29) is 18.2 Å². The predicted molar refractivity (Wildman–Crippen MR) is 92.9 cm³/mol. The fraction of sp³-hybridized carbons (Fsp3) is 0.118. The third-order valence-corrected chi connectivity index (χ3v) is 4.89. The van der Waals surface area contributed by atoms with E-state index in [0.29, 0.717) is 15.9 Å². The van der Waals surface area contributed by atoms with Gasteiger partial charge in [-0.1, -0.05) is 35.3 Å². The normalized spacial score (nSPS) is 16.6. The van der Waals surface area contributed by atoms with Crippen LogP contribution in [0.15, 0.2) is 49.1 Å². The molecule has 0 unspecified atom stereocenters. The molecule has 1 aromatic carbocycles. The molecule has 0 saturated carbocycles. The summed E-state index contributed by atoms with van der Waals surface area (Å²) in [5.74, 6) is 0.312. The van der Waals surface area contributed by atoms with Gasteiger partial charge in [-0.15, -0.1) is 0 Å². The number of hydrogen-bond acceptors (Lipinski definition) is 3. The van der Waals surface area contributed by atoms with Crippen molar-refractivity contribution in [1.29, 1.82) is 0 Å². The first-order valence-electron chi connectivity index (χ1n) is 7.36. The minimum Gasteiger partial charge on any atom is -0.310 e. The molecule has 1 aliphatic rings. The fourth-order valence-corrected chi connectivity index (χ4v) is 3.39. The quantitative estimate of drug-likeness (QED) is 0.751. The average Bonchev–Trinajstić information content (AvgIpc) is 3.01. The Morgan fingerprint density at radius 1 is 1.21 bits per heavy atom. The first-order chi connectivity index (χ1) is 11.6. The lowest BCUT2D eigenvalue weighted by atomic mass is 9.90. The number of pyridine rings is 1. The van der Waals surface area contributed by atoms with Gasteiger partial charge in [-0.25, -0.2) is 4.98 Å². The molecule has 1 N–H and O–H groups in total. The molecular weight excluding hydrogens is 347 g/mol. The van der Waals surface area contributed by atoms with Crippen molar-refractivity contribution in [3.05, 3.63) is 70.4 Å². The van der Waals surface area contributed by atoms with Crippen LogP contribution in [0.4, 0.5) is 5.82 Å². The number of aromatic nitrogens is 3. The van der Waals surface area contributed by atoms with Gasteiger partial charge in [0.15, 0.2) is 0 Å². The van der Waals surface area contributed by atoms with Gasteiger partial charge in [0.1, 0.15) is 12.1 Å². The largest absolute Gasteiger partial charge is 0.310 e. The molecule has 1 atom stereocenters. The molecule has 4 rings (SSSR count). The summed E-state index contributed by atoms with van der Waals surface area (Å²) in [6, 6.07) is 9.17. The van der Waals surface area contributed by atoms with Crippen LogP contribution in [-0.4, -0.2) is 20.4 Å². The zero-order chi connectivity index (χ0) is 16.7. The molecule has 3 aromatic rings. The Balaban J connectivity index is 1.86. The van der Waals surface area contributed by atoms with Crippen LogP contribution in [0.5, 0.6) is 0 Å². The van der Waals surface area contributed by atoms with Crippen LogP contribution in [0.1, 0.15) is 23.6 Å². The molecule has 3 heterocycles. The average molecular weight is 359 g/mol. The SMILES string of the molecule is O=C1C[C@H](c2cccc(Cl)c2Cl)c2ncn(-c3cccnc3)c2N1. The number of imidazole rings is 1. The summed E-state index contributed by atoms with van der Waals surface area (Å²) >= 11 is 12.5. The second-order valence-corrected chi connectivity index (χ2v) is 6.29. The number of anilines is 1. The molecule has 2 aromatic heterocycles. The molecule has 7 heteroatoms. The summed E-state index contributed by atoms with van der Waals surface area (Å²) in [6.07, 6.45) is 5.36. The van der Waals surface area contributed by atoms with Crippen molar-refractivity contribution in [3.8, 4) is 5.69 Å². The molecule has 24 heavy (non-hydrogen) atoms. The summed E-state index contributed by atoms with van der Waals surface area (Å²) in [5, 5.41) is 3.82. The second-order valence-electron chi connectivity index (χ2n) is 5.51. The minimum absolute atomic E-state index is 0.0887. The van der Waals surface area contributed by atoms with Gasteiger partial charge < -0.3 is 5.32 Å². The Morgan fingerprint density at radius 3 is 2.88 bits per heavy atom. The highest BCUT2D eigenvalue weighted by Gasteiger charge is 2.32. The van der Waals surface area contributed by atoms with Crippen molar-refractivity contribution < 1.29 is 4.79 Å². The van der Waals surface area contributed by atoms with Gasteiger partial charge >= 0.3 is 0 Å². The van der Waals surface area contributed by atoms with Crippen LogP contribution in [-0.2, 0) is 4.79 Å². The molecule has 0 saturated heterocycles. The van der Waals surface area contributed by atoms with Crippen LogP contribution >= 0.6 is 23.2 Å². The first kappa shape index (κ1) is 15.2. The van der Waals surface area contributed by atoms with E-state index in [4.69, 9.17) is 23.2 Å². The zero-order valence-electron chi connectivity index (χ0n) is 12.4. The number of rotatable bonds is 2. The Hall–Kier alpha value is -2.37. The highest BCUT2D eigenvalue weighted by atomic mass is 35.5. The van der Waals surface area contributed by atoms with Crippen molar-refractivity contribution in [2.75, 3.05) is 5.32 Å². The van der Waals surface area contributed by atoms with Gasteiger partial charge in [0.2, 0.25) is 5.91 Å². The molecule has 0 bridgehead atoms. The van der Waals surface area contributed by atoms with E-state index < -0.39 is 0 Å². The van der Waals surface area contributed by atoms with Crippen molar-refractivity contribution in [3.63, 3.8) is 0 Å². The number of benzene rings is 1. The van der Waals surface area contributed by atoms with E-state index in [0.717, 1.165) is 16.9 Å². The maximum absolute atomic E-state index is 12.2. The van der Waals surface area contributed by atoms with Gasteiger partial charge in [-0.05, 0) is 23.8 Å². The summed E-state index contributed by atoms with van der Waals surface area (Å²) in [5.41, 5.74) is 2.39. The van der Waals surface area contributed by atoms with Crippen LogP contribution in [0.3, 0.4) is 0 Å². The number of carbonyl (C=O) groups is 1. The van der Waals surface area contributed by atoms with Crippen LogP contribution < -0.4 is 5.32 Å². The Kier molecular flexibility index (Phi) is 3.75. The number of amides is 1.